The maximum Gasteiger partial charge on any atom is 0.342 e. The fourth-order valence-electron chi connectivity index (χ4n) is 4.21. The van der Waals surface area contributed by atoms with Gasteiger partial charge in [0.25, 0.3) is 5.91 Å². The molecular weight excluding hydrogens is 488 g/mol. The number of aromatic hydroxyl groups is 2. The molecule has 1 aromatic rings. The van der Waals surface area contributed by atoms with Crippen molar-refractivity contribution in [2.45, 2.75) is 57.6 Å². The van der Waals surface area contributed by atoms with E-state index in [4.69, 9.17) is 21.2 Å². The van der Waals surface area contributed by atoms with Crippen molar-refractivity contribution in [3.8, 4) is 11.5 Å². The molecule has 1 unspecified atom stereocenters. The summed E-state index contributed by atoms with van der Waals surface area (Å²) in [6.07, 6.45) is 9.38. The fraction of sp³-hybridized carbons (Fsp3) is 0.500. The molecule has 0 saturated carbocycles. The lowest BCUT2D eigenvalue weighted by Gasteiger charge is -2.29. The molecule has 0 aromatic heterocycles. The van der Waals surface area contributed by atoms with Crippen molar-refractivity contribution in [1.82, 2.24) is 9.96 Å². The molecule has 0 aliphatic carbocycles. The Hall–Kier alpha value is -2.88. The Morgan fingerprint density at radius 2 is 1.92 bits per heavy atom. The molecule has 196 valence electrons. The highest BCUT2D eigenvalue weighted by atomic mass is 35.5. The number of carbonyl (C=O) groups excluding carboxylic acids is 3. The van der Waals surface area contributed by atoms with E-state index in [1.54, 1.807) is 37.1 Å². The van der Waals surface area contributed by atoms with Gasteiger partial charge in [-0.2, -0.15) is 5.06 Å². The number of piperidine rings is 1. The van der Waals surface area contributed by atoms with Crippen molar-refractivity contribution in [3.05, 3.63) is 46.5 Å². The van der Waals surface area contributed by atoms with Gasteiger partial charge in [-0.1, -0.05) is 29.8 Å². The van der Waals surface area contributed by atoms with Gasteiger partial charge in [0.15, 0.2) is 5.78 Å². The number of hydrogen-bond acceptors (Lipinski definition) is 8. The summed E-state index contributed by atoms with van der Waals surface area (Å²) in [5.74, 6) is -1.91. The molecule has 2 aliphatic rings. The highest BCUT2D eigenvalue weighted by Gasteiger charge is 2.28. The van der Waals surface area contributed by atoms with Crippen molar-refractivity contribution in [2.75, 3.05) is 26.7 Å². The highest BCUT2D eigenvalue weighted by Crippen LogP contribution is 2.38. The Bertz CT molecular complexity index is 1030. The van der Waals surface area contributed by atoms with E-state index in [1.165, 1.54) is 11.1 Å². The monoisotopic (exact) mass is 520 g/mol. The molecule has 0 bridgehead atoms. The largest absolute Gasteiger partial charge is 0.507 e. The number of fused-ring (bicyclic) bond motifs is 1. The number of ether oxygens (including phenoxy) is 1. The summed E-state index contributed by atoms with van der Waals surface area (Å²) >= 11 is 6.38. The lowest BCUT2D eigenvalue weighted by molar-refractivity contribution is -0.176. The fourth-order valence-corrected chi connectivity index (χ4v) is 4.43. The maximum absolute atomic E-state index is 13.0. The summed E-state index contributed by atoms with van der Waals surface area (Å²) < 4.78 is 5.46. The molecule has 2 N–H and O–H groups in total. The van der Waals surface area contributed by atoms with Crippen LogP contribution in [-0.2, 0) is 25.6 Å². The topological polar surface area (TPSA) is 117 Å². The van der Waals surface area contributed by atoms with Gasteiger partial charge in [-0.15, -0.1) is 0 Å². The Labute approximate surface area is 215 Å². The molecular formula is C26H33ClN2O7. The molecule has 10 heteroatoms. The zero-order valence-corrected chi connectivity index (χ0v) is 21.4. The third-order valence-electron chi connectivity index (χ3n) is 6.26. The number of likely N-dealkylation sites (N-methyl/N-ethyl adjacent to an activating group) is 1. The molecule has 2 aliphatic heterocycles. The third-order valence-corrected chi connectivity index (χ3v) is 6.69. The summed E-state index contributed by atoms with van der Waals surface area (Å²) in [6.45, 7) is 2.90. The average molecular weight is 521 g/mol. The molecule has 0 spiro atoms. The van der Waals surface area contributed by atoms with Gasteiger partial charge in [0.1, 0.15) is 29.8 Å². The number of rotatable bonds is 4. The van der Waals surface area contributed by atoms with Crippen LogP contribution in [0.1, 0.15) is 54.9 Å². The SMILES string of the molecule is C[C@@H]1C/C=C/C(=O)C/C=C/C(N(C)OCC(=O)N2CCCCC2)Cc2c(Cl)c(O)cc(O)c2C(=O)O1. The molecule has 1 fully saturated rings. The summed E-state index contributed by atoms with van der Waals surface area (Å²) in [5, 5.41) is 22.1. The number of phenolic OH excluding ortho intramolecular Hbond substituents is 2. The van der Waals surface area contributed by atoms with E-state index in [-0.39, 0.29) is 53.0 Å². The van der Waals surface area contributed by atoms with Crippen LogP contribution in [0.3, 0.4) is 0 Å². The minimum atomic E-state index is -0.805. The van der Waals surface area contributed by atoms with Crippen molar-refractivity contribution >= 4 is 29.3 Å². The number of cyclic esters (lactones) is 1. The number of nitrogens with zero attached hydrogens (tertiary/aromatic N) is 2. The van der Waals surface area contributed by atoms with Gasteiger partial charge in [-0.05, 0) is 44.2 Å². The number of carbonyl (C=O) groups is 3. The van der Waals surface area contributed by atoms with E-state index in [0.717, 1.165) is 25.3 Å². The van der Waals surface area contributed by atoms with Gasteiger partial charge in [0.05, 0.1) is 11.1 Å². The quantitative estimate of drug-likeness (QED) is 0.351. The lowest BCUT2D eigenvalue weighted by Crippen LogP contribution is -2.41. The zero-order valence-electron chi connectivity index (χ0n) is 20.6. The predicted molar refractivity (Wildman–Crippen MR) is 134 cm³/mol. The van der Waals surface area contributed by atoms with Crippen molar-refractivity contribution < 1.29 is 34.2 Å². The molecule has 1 saturated heterocycles. The Balaban J connectivity index is 1.90. The van der Waals surface area contributed by atoms with Crippen LogP contribution in [0, 0.1) is 0 Å². The standard InChI is InChI=1S/C26H33ClN2O7/c1-17-8-6-10-19(30)11-7-9-18(28(2)35-16-23(33)29-12-4-3-5-13-29)14-20-24(26(34)36-17)21(31)15-22(32)25(20)27/h6-7,9-10,15,17-18,31-32H,3-5,8,11-14,16H2,1-2H3/b9-7+,10-6+/t17-,18?/m1/s1. The second-order valence-electron chi connectivity index (χ2n) is 9.07. The van der Waals surface area contributed by atoms with E-state index in [1.807, 2.05) is 0 Å². The van der Waals surface area contributed by atoms with E-state index in [9.17, 15) is 24.6 Å². The number of halogens is 1. The van der Waals surface area contributed by atoms with Crippen LogP contribution in [0.5, 0.6) is 11.5 Å². The van der Waals surface area contributed by atoms with E-state index < -0.39 is 23.9 Å². The van der Waals surface area contributed by atoms with Crippen LogP contribution in [-0.4, -0.2) is 76.7 Å². The van der Waals surface area contributed by atoms with Crippen LogP contribution >= 0.6 is 11.6 Å². The predicted octanol–water partition coefficient (Wildman–Crippen LogP) is 3.56. The molecule has 1 aromatic carbocycles. The molecule has 9 nitrogen and oxygen atoms in total. The number of likely N-dealkylation sites (tertiary alicyclic amines) is 1. The number of amides is 1. The Kier molecular flexibility index (Phi) is 9.92. The number of ketones is 1. The second-order valence-corrected chi connectivity index (χ2v) is 9.45. The Morgan fingerprint density at radius 1 is 1.19 bits per heavy atom. The number of allylic oxidation sites excluding steroid dienone is 2. The summed E-state index contributed by atoms with van der Waals surface area (Å²) in [4.78, 5) is 45.3. The van der Waals surface area contributed by atoms with E-state index in [0.29, 0.717) is 19.5 Å². The average Bonchev–Trinajstić information content (AvgIpc) is 2.84. The van der Waals surface area contributed by atoms with Crippen molar-refractivity contribution in [2.24, 2.45) is 0 Å². The lowest BCUT2D eigenvalue weighted by atomic mass is 9.97. The smallest absolute Gasteiger partial charge is 0.342 e. The van der Waals surface area contributed by atoms with Gasteiger partial charge in [0.2, 0.25) is 0 Å². The molecule has 2 atom stereocenters. The first-order valence-corrected chi connectivity index (χ1v) is 12.5. The number of esters is 1. The summed E-state index contributed by atoms with van der Waals surface area (Å²) in [5.41, 5.74) is 0.00992. The molecule has 1 amide bonds. The van der Waals surface area contributed by atoms with E-state index in [2.05, 4.69) is 0 Å². The van der Waals surface area contributed by atoms with Crippen LogP contribution in [0.4, 0.5) is 0 Å². The highest BCUT2D eigenvalue weighted by molar-refractivity contribution is 6.33. The molecule has 36 heavy (non-hydrogen) atoms. The first-order valence-electron chi connectivity index (χ1n) is 12.1. The maximum atomic E-state index is 13.0. The van der Waals surface area contributed by atoms with Gasteiger partial charge in [-0.3, -0.25) is 14.4 Å². The summed E-state index contributed by atoms with van der Waals surface area (Å²) in [6, 6.07) is 0.401. The second kappa shape index (κ2) is 12.9. The first-order chi connectivity index (χ1) is 17.2. The number of benzene rings is 1. The van der Waals surface area contributed by atoms with Crippen molar-refractivity contribution in [3.63, 3.8) is 0 Å². The minimum Gasteiger partial charge on any atom is -0.507 e. The summed E-state index contributed by atoms with van der Waals surface area (Å²) in [7, 11) is 1.62. The number of phenols is 2. The number of hydroxylamine groups is 2. The van der Waals surface area contributed by atoms with Gasteiger partial charge < -0.3 is 19.8 Å². The van der Waals surface area contributed by atoms with Crippen LogP contribution < -0.4 is 0 Å². The number of hydrogen-bond donors (Lipinski definition) is 2. The van der Waals surface area contributed by atoms with Gasteiger partial charge in [0, 0.05) is 39.0 Å². The normalized spacial score (nSPS) is 23.5. The molecule has 3 rings (SSSR count). The molecule has 2 heterocycles. The minimum absolute atomic E-state index is 0.0224. The van der Waals surface area contributed by atoms with Crippen LogP contribution in [0.2, 0.25) is 5.02 Å². The first kappa shape index (κ1) is 27.7. The zero-order chi connectivity index (χ0) is 26.2. The third kappa shape index (κ3) is 7.32. The van der Waals surface area contributed by atoms with Crippen LogP contribution in [0.25, 0.3) is 0 Å². The Morgan fingerprint density at radius 3 is 2.64 bits per heavy atom. The van der Waals surface area contributed by atoms with Crippen LogP contribution in [0.15, 0.2) is 30.4 Å². The van der Waals surface area contributed by atoms with Crippen molar-refractivity contribution in [1.29, 1.82) is 0 Å². The van der Waals surface area contributed by atoms with Gasteiger partial charge >= 0.3 is 5.97 Å². The molecule has 0 radical (unpaired) electrons. The van der Waals surface area contributed by atoms with Gasteiger partial charge in [-0.25, -0.2) is 4.79 Å². The van der Waals surface area contributed by atoms with E-state index >= 15 is 0 Å².